The van der Waals surface area contributed by atoms with Crippen LogP contribution in [0.1, 0.15) is 18.9 Å². The molecule has 0 heteroatoms. The van der Waals surface area contributed by atoms with E-state index in [0.29, 0.717) is 0 Å². The second-order valence-electron chi connectivity index (χ2n) is 4.55. The van der Waals surface area contributed by atoms with Crippen LogP contribution < -0.4 is 0 Å². The van der Waals surface area contributed by atoms with Crippen LogP contribution in [0.3, 0.4) is 0 Å². The summed E-state index contributed by atoms with van der Waals surface area (Å²) in [5.41, 5.74) is 1.47. The molecule has 3 rings (SSSR count). The first-order valence-electron chi connectivity index (χ1n) is 6.29. The van der Waals surface area contributed by atoms with Crippen LogP contribution in [-0.4, -0.2) is 0 Å². The highest BCUT2D eigenvalue weighted by Gasteiger charge is 2.04. The first-order chi connectivity index (χ1) is 8.40. The molecule has 0 radical (unpaired) electrons. The maximum Gasteiger partial charge on any atom is -0.0103 e. The molecule has 0 aromatic heterocycles. The van der Waals surface area contributed by atoms with Crippen LogP contribution in [0.5, 0.6) is 0 Å². The maximum absolute atomic E-state index is 2.35. The molecule has 0 saturated heterocycles. The molecular weight excluding hydrogens is 204 g/mol. The molecule has 0 atom stereocenters. The number of benzene rings is 3. The third kappa shape index (κ3) is 1.70. The number of aryl methyl sites for hydroxylation is 1. The van der Waals surface area contributed by atoms with Gasteiger partial charge in [0.15, 0.2) is 0 Å². The van der Waals surface area contributed by atoms with Gasteiger partial charge in [-0.1, -0.05) is 67.9 Å². The minimum Gasteiger partial charge on any atom is -0.0651 e. The van der Waals surface area contributed by atoms with Crippen molar-refractivity contribution in [2.24, 2.45) is 0 Å². The lowest BCUT2D eigenvalue weighted by Crippen LogP contribution is -1.87. The summed E-state index contributed by atoms with van der Waals surface area (Å²) in [6, 6.07) is 19.8. The van der Waals surface area contributed by atoms with Gasteiger partial charge < -0.3 is 0 Å². The van der Waals surface area contributed by atoms with Gasteiger partial charge >= 0.3 is 0 Å². The summed E-state index contributed by atoms with van der Waals surface area (Å²) in [4.78, 5) is 0. The first-order valence-corrected chi connectivity index (χ1v) is 6.29. The van der Waals surface area contributed by atoms with Gasteiger partial charge in [-0.2, -0.15) is 0 Å². The Morgan fingerprint density at radius 2 is 1.41 bits per heavy atom. The average molecular weight is 220 g/mol. The molecule has 0 nitrogen and oxygen atoms in total. The van der Waals surface area contributed by atoms with Gasteiger partial charge in [0.05, 0.1) is 0 Å². The Morgan fingerprint density at radius 1 is 0.765 bits per heavy atom. The molecule has 3 aromatic rings. The van der Waals surface area contributed by atoms with Crippen LogP contribution in [0, 0.1) is 0 Å². The summed E-state index contributed by atoms with van der Waals surface area (Å²) in [5, 5.41) is 5.51. The molecule has 0 aliphatic heterocycles. The van der Waals surface area contributed by atoms with E-state index < -0.39 is 0 Å². The number of hydrogen-bond donors (Lipinski definition) is 0. The van der Waals surface area contributed by atoms with Gasteiger partial charge in [-0.15, -0.1) is 0 Å². The van der Waals surface area contributed by atoms with Gasteiger partial charge in [0.25, 0.3) is 0 Å². The Hall–Kier alpha value is -1.82. The number of fused-ring (bicyclic) bond motifs is 3. The van der Waals surface area contributed by atoms with E-state index in [0.717, 1.165) is 6.42 Å². The molecule has 0 heterocycles. The van der Waals surface area contributed by atoms with Crippen LogP contribution in [0.2, 0.25) is 0 Å². The molecule has 0 bridgehead atoms. The Balaban J connectivity index is 2.45. The summed E-state index contributed by atoms with van der Waals surface area (Å²) < 4.78 is 0. The Bertz CT molecular complexity index is 665. The predicted molar refractivity (Wildman–Crippen MR) is 75.4 cm³/mol. The Morgan fingerprint density at radius 3 is 2.18 bits per heavy atom. The van der Waals surface area contributed by atoms with Crippen LogP contribution in [0.15, 0.2) is 54.6 Å². The lowest BCUT2D eigenvalue weighted by atomic mass is 9.95. The van der Waals surface area contributed by atoms with Gasteiger partial charge in [0.2, 0.25) is 0 Å². The van der Waals surface area contributed by atoms with E-state index in [-0.39, 0.29) is 0 Å². The highest BCUT2D eigenvalue weighted by molar-refractivity contribution is 6.08. The summed E-state index contributed by atoms with van der Waals surface area (Å²) in [6.07, 6.45) is 2.35. The zero-order valence-corrected chi connectivity index (χ0v) is 10.1. The van der Waals surface area contributed by atoms with Gasteiger partial charge in [-0.25, -0.2) is 0 Å². The number of hydrogen-bond acceptors (Lipinski definition) is 0. The van der Waals surface area contributed by atoms with E-state index >= 15 is 0 Å². The van der Waals surface area contributed by atoms with Crippen molar-refractivity contribution in [2.45, 2.75) is 19.8 Å². The van der Waals surface area contributed by atoms with Crippen molar-refractivity contribution in [3.05, 3.63) is 60.2 Å². The third-order valence-electron chi connectivity index (χ3n) is 3.37. The van der Waals surface area contributed by atoms with Crippen molar-refractivity contribution < 1.29 is 0 Å². The zero-order valence-electron chi connectivity index (χ0n) is 10.1. The van der Waals surface area contributed by atoms with Crippen molar-refractivity contribution in [1.82, 2.24) is 0 Å². The highest BCUT2D eigenvalue weighted by Crippen LogP contribution is 2.29. The zero-order chi connectivity index (χ0) is 11.7. The van der Waals surface area contributed by atoms with E-state index in [1.807, 2.05) is 0 Å². The molecule has 0 fully saturated rings. The van der Waals surface area contributed by atoms with Gasteiger partial charge in [0, 0.05) is 0 Å². The monoisotopic (exact) mass is 220 g/mol. The molecule has 0 spiro atoms. The van der Waals surface area contributed by atoms with Crippen molar-refractivity contribution >= 4 is 21.5 Å². The molecular formula is C17H16. The third-order valence-corrected chi connectivity index (χ3v) is 3.37. The molecule has 84 valence electrons. The van der Waals surface area contributed by atoms with Crippen LogP contribution in [0.25, 0.3) is 21.5 Å². The van der Waals surface area contributed by atoms with Crippen molar-refractivity contribution in [2.75, 3.05) is 0 Å². The lowest BCUT2D eigenvalue weighted by molar-refractivity contribution is 0.931. The molecule has 0 amide bonds. The maximum atomic E-state index is 2.35. The van der Waals surface area contributed by atoms with E-state index in [1.165, 1.54) is 33.5 Å². The second-order valence-corrected chi connectivity index (χ2v) is 4.55. The number of rotatable bonds is 2. The fourth-order valence-corrected chi connectivity index (χ4v) is 2.61. The quantitative estimate of drug-likeness (QED) is 0.536. The molecule has 0 saturated carbocycles. The van der Waals surface area contributed by atoms with Gasteiger partial charge in [-0.05, 0) is 33.5 Å². The molecule has 0 aliphatic rings. The van der Waals surface area contributed by atoms with Crippen molar-refractivity contribution in [3.63, 3.8) is 0 Å². The smallest absolute Gasteiger partial charge is 0.0103 e. The standard InChI is InChI=1S/C17H16/c1-2-7-13-12-14-8-3-4-9-16(14)17-11-6-5-10-15(13)17/h3-6,8-12H,2,7H2,1H3. The summed E-state index contributed by atoms with van der Waals surface area (Å²) >= 11 is 0. The van der Waals surface area contributed by atoms with Crippen LogP contribution >= 0.6 is 0 Å². The average Bonchev–Trinajstić information content (AvgIpc) is 2.39. The van der Waals surface area contributed by atoms with E-state index in [2.05, 4.69) is 61.5 Å². The summed E-state index contributed by atoms with van der Waals surface area (Å²) in [5.74, 6) is 0. The molecule has 3 aromatic carbocycles. The van der Waals surface area contributed by atoms with E-state index in [1.54, 1.807) is 0 Å². The normalized spacial score (nSPS) is 11.1. The summed E-state index contributed by atoms with van der Waals surface area (Å²) in [7, 11) is 0. The van der Waals surface area contributed by atoms with Crippen molar-refractivity contribution in [3.8, 4) is 0 Å². The Kier molecular flexibility index (Phi) is 2.56. The summed E-state index contributed by atoms with van der Waals surface area (Å²) in [6.45, 7) is 2.24. The molecule has 0 aliphatic carbocycles. The van der Waals surface area contributed by atoms with E-state index in [4.69, 9.17) is 0 Å². The highest BCUT2D eigenvalue weighted by atomic mass is 14.1. The minimum atomic E-state index is 1.16. The van der Waals surface area contributed by atoms with Gasteiger partial charge in [-0.3, -0.25) is 0 Å². The minimum absolute atomic E-state index is 1.16. The van der Waals surface area contributed by atoms with Crippen molar-refractivity contribution in [1.29, 1.82) is 0 Å². The predicted octanol–water partition coefficient (Wildman–Crippen LogP) is 4.95. The Labute approximate surface area is 102 Å². The molecule has 0 unspecified atom stereocenters. The van der Waals surface area contributed by atoms with Crippen LogP contribution in [-0.2, 0) is 6.42 Å². The fourth-order valence-electron chi connectivity index (χ4n) is 2.61. The topological polar surface area (TPSA) is 0 Å². The first kappa shape index (κ1) is 10.3. The SMILES string of the molecule is CCCc1cc2ccccc2c2ccccc12. The molecule has 17 heavy (non-hydrogen) atoms. The largest absolute Gasteiger partial charge is 0.0651 e. The fraction of sp³-hybridized carbons (Fsp3) is 0.176. The van der Waals surface area contributed by atoms with Crippen LogP contribution in [0.4, 0.5) is 0 Å². The lowest BCUT2D eigenvalue weighted by Gasteiger charge is -2.09. The second kappa shape index (κ2) is 4.21. The van der Waals surface area contributed by atoms with E-state index in [9.17, 15) is 0 Å². The molecule has 0 N–H and O–H groups in total. The van der Waals surface area contributed by atoms with Gasteiger partial charge in [0.1, 0.15) is 0 Å².